The van der Waals surface area contributed by atoms with Crippen LogP contribution in [0.25, 0.3) is 22.2 Å². The third-order valence-electron chi connectivity index (χ3n) is 7.51. The molecule has 9 nitrogen and oxygen atoms in total. The maximum Gasteiger partial charge on any atom is 0.424 e. The number of hydrogen-bond acceptors (Lipinski definition) is 7. The van der Waals surface area contributed by atoms with Crippen LogP contribution < -0.4 is 15.8 Å². The summed E-state index contributed by atoms with van der Waals surface area (Å²) in [6, 6.07) is 11.3. The molecule has 1 aliphatic rings. The minimum absolute atomic E-state index is 0.0528. The predicted molar refractivity (Wildman–Crippen MR) is 146 cm³/mol. The van der Waals surface area contributed by atoms with Crippen LogP contribution in [0.5, 0.6) is 5.75 Å². The smallest absolute Gasteiger partial charge is 0.424 e. The van der Waals surface area contributed by atoms with Gasteiger partial charge in [-0.1, -0.05) is 6.07 Å². The van der Waals surface area contributed by atoms with Gasteiger partial charge in [-0.25, -0.2) is 13.8 Å². The number of fused-ring (bicyclic) bond motifs is 2. The third kappa shape index (κ3) is 5.42. The molecule has 0 aliphatic carbocycles. The van der Waals surface area contributed by atoms with Gasteiger partial charge in [-0.15, -0.1) is 0 Å². The predicted octanol–water partition coefficient (Wildman–Crippen LogP) is 4.19. The minimum atomic E-state index is -5.39. The molecule has 0 spiro atoms. The van der Waals surface area contributed by atoms with E-state index < -0.39 is 53.9 Å². The van der Waals surface area contributed by atoms with Crippen molar-refractivity contribution in [2.24, 2.45) is 5.73 Å². The van der Waals surface area contributed by atoms with Crippen molar-refractivity contribution in [2.45, 2.75) is 30.7 Å². The number of aliphatic hydroxyl groups is 1. The van der Waals surface area contributed by atoms with Crippen LogP contribution in [0.4, 0.5) is 22.0 Å². The largest absolute Gasteiger partial charge is 0.489 e. The molecule has 2 atom stereocenters. The van der Waals surface area contributed by atoms with Gasteiger partial charge in [0.15, 0.2) is 6.86 Å². The van der Waals surface area contributed by atoms with E-state index >= 15 is 0 Å². The Morgan fingerprint density at radius 3 is 2.55 bits per heavy atom. The van der Waals surface area contributed by atoms with E-state index in [2.05, 4.69) is 15.3 Å². The fourth-order valence-electron chi connectivity index (χ4n) is 4.91. The second-order valence-electron chi connectivity index (χ2n) is 10.4. The number of hydrogen-bond donors (Lipinski definition) is 3. The topological polar surface area (TPSA) is 137 Å². The molecular weight excluding hydrogens is 591 g/mol. The van der Waals surface area contributed by atoms with Crippen LogP contribution in [0.1, 0.15) is 34.1 Å². The van der Waals surface area contributed by atoms with Crippen LogP contribution in [0.15, 0.2) is 60.8 Å². The number of nitrogens with one attached hydrogen (secondary N) is 1. The minimum Gasteiger partial charge on any atom is -0.489 e. The molecule has 0 saturated heterocycles. The van der Waals surface area contributed by atoms with Gasteiger partial charge in [0, 0.05) is 33.8 Å². The number of halogens is 5. The molecule has 1 unspecified atom stereocenters. The number of pyridine rings is 2. The highest BCUT2D eigenvalue weighted by molar-refractivity contribution is 5.99. The third-order valence-corrected chi connectivity index (χ3v) is 7.51. The number of rotatable bonds is 9. The second kappa shape index (κ2) is 11.4. The lowest BCUT2D eigenvalue weighted by atomic mass is 9.81. The van der Waals surface area contributed by atoms with Crippen molar-refractivity contribution in [2.75, 3.05) is 20.0 Å². The molecule has 2 amide bonds. The van der Waals surface area contributed by atoms with E-state index in [1.165, 1.54) is 37.4 Å². The molecular formula is C30H25F5N4O5. The molecule has 3 heterocycles. The Morgan fingerprint density at radius 1 is 1.16 bits per heavy atom. The highest BCUT2D eigenvalue weighted by Gasteiger charge is 2.57. The van der Waals surface area contributed by atoms with Gasteiger partial charge in [0.05, 0.1) is 24.4 Å². The van der Waals surface area contributed by atoms with Gasteiger partial charge >= 0.3 is 6.18 Å². The van der Waals surface area contributed by atoms with E-state index in [-0.39, 0.29) is 41.3 Å². The van der Waals surface area contributed by atoms with Crippen molar-refractivity contribution in [1.29, 1.82) is 0 Å². The summed E-state index contributed by atoms with van der Waals surface area (Å²) in [6.45, 7) is -1.71. The van der Waals surface area contributed by atoms with Gasteiger partial charge in [-0.2, -0.15) is 13.2 Å². The van der Waals surface area contributed by atoms with Gasteiger partial charge in [0.25, 0.3) is 5.91 Å². The number of carbonyl (C=O) groups is 2. The highest BCUT2D eigenvalue weighted by atomic mass is 19.4. The lowest BCUT2D eigenvalue weighted by molar-refractivity contribution is -0.265. The van der Waals surface area contributed by atoms with E-state index in [0.29, 0.717) is 16.5 Å². The average molecular weight is 617 g/mol. The SMILES string of the molecule is C[C@]1(C(N)=O)COc2c1cc(C(O)(CNC(=O)c1cc(COCF)c3ncccc3c1)C(F)(F)F)nc2-c1ccc(F)cc1. The number of nitrogens with zero attached hydrogens (tertiary/aromatic N) is 2. The summed E-state index contributed by atoms with van der Waals surface area (Å²) >= 11 is 0. The standard InChI is InChI=1S/C30H25F5N4O5/c1-28(27(36)41)14-44-25-21(28)11-22(39-24(25)16-4-6-20(32)7-5-16)29(42,30(33,34)35)13-38-26(40)18-9-17-3-2-8-37-23(17)19(10-18)12-43-15-31/h2-11,42H,12-15H2,1H3,(H2,36,41)(H,38,40)/t28-,29?/m0/s1. The Kier molecular flexibility index (Phi) is 7.99. The van der Waals surface area contributed by atoms with Crippen molar-refractivity contribution >= 4 is 22.7 Å². The molecule has 5 rings (SSSR count). The van der Waals surface area contributed by atoms with Gasteiger partial charge in [-0.3, -0.25) is 14.6 Å². The Balaban J connectivity index is 1.57. The number of nitrogens with two attached hydrogens (primary N) is 1. The number of alkyl halides is 4. The summed E-state index contributed by atoms with van der Waals surface area (Å²) in [5, 5.41) is 13.8. The fraction of sp³-hybridized carbons (Fsp3) is 0.267. The first-order chi connectivity index (χ1) is 20.8. The molecule has 14 heteroatoms. The van der Waals surface area contributed by atoms with E-state index in [0.717, 1.165) is 18.2 Å². The van der Waals surface area contributed by atoms with Crippen LogP contribution >= 0.6 is 0 Å². The zero-order valence-corrected chi connectivity index (χ0v) is 23.0. The molecule has 1 aliphatic heterocycles. The van der Waals surface area contributed by atoms with E-state index in [4.69, 9.17) is 15.2 Å². The molecule has 4 N–H and O–H groups in total. The second-order valence-corrected chi connectivity index (χ2v) is 10.4. The molecule has 0 radical (unpaired) electrons. The van der Waals surface area contributed by atoms with Crippen LogP contribution in [-0.2, 0) is 27.2 Å². The lowest BCUT2D eigenvalue weighted by Crippen LogP contribution is -2.51. The van der Waals surface area contributed by atoms with Gasteiger partial charge in [0.2, 0.25) is 11.5 Å². The number of carbonyl (C=O) groups excluding carboxylic acids is 2. The summed E-state index contributed by atoms with van der Waals surface area (Å²) in [7, 11) is 0. The zero-order valence-electron chi connectivity index (χ0n) is 23.0. The molecule has 2 aromatic carbocycles. The van der Waals surface area contributed by atoms with E-state index in [1.807, 2.05) is 0 Å². The first-order valence-corrected chi connectivity index (χ1v) is 13.1. The first kappa shape index (κ1) is 30.8. The van der Waals surface area contributed by atoms with Crippen LogP contribution in [0.2, 0.25) is 0 Å². The molecule has 0 saturated carbocycles. The Morgan fingerprint density at radius 2 is 1.89 bits per heavy atom. The summed E-state index contributed by atoms with van der Waals surface area (Å²) < 4.78 is 80.8. The number of benzene rings is 2. The van der Waals surface area contributed by atoms with Crippen LogP contribution in [0, 0.1) is 5.82 Å². The average Bonchev–Trinajstić information content (AvgIpc) is 3.35. The Hall–Kier alpha value is -4.69. The maximum atomic E-state index is 14.7. The zero-order chi connectivity index (χ0) is 31.9. The van der Waals surface area contributed by atoms with E-state index in [9.17, 15) is 36.6 Å². The van der Waals surface area contributed by atoms with Crippen molar-refractivity contribution in [3.8, 4) is 17.0 Å². The van der Waals surface area contributed by atoms with Crippen molar-refractivity contribution in [3.63, 3.8) is 0 Å². The Labute approximate surface area is 246 Å². The fourth-order valence-corrected chi connectivity index (χ4v) is 4.91. The maximum absolute atomic E-state index is 14.7. The van der Waals surface area contributed by atoms with Gasteiger partial charge < -0.3 is 25.6 Å². The lowest BCUT2D eigenvalue weighted by Gasteiger charge is -2.31. The van der Waals surface area contributed by atoms with Crippen molar-refractivity contribution in [3.05, 3.63) is 89.0 Å². The van der Waals surface area contributed by atoms with Crippen LogP contribution in [0.3, 0.4) is 0 Å². The van der Waals surface area contributed by atoms with Crippen molar-refractivity contribution in [1.82, 2.24) is 15.3 Å². The summed E-state index contributed by atoms with van der Waals surface area (Å²) in [5.74, 6) is -2.57. The molecule has 2 aromatic heterocycles. The monoisotopic (exact) mass is 616 g/mol. The Bertz CT molecular complexity index is 1750. The molecule has 44 heavy (non-hydrogen) atoms. The van der Waals surface area contributed by atoms with Gasteiger partial charge in [-0.05, 0) is 55.5 Å². The number of amides is 2. The summed E-state index contributed by atoms with van der Waals surface area (Å²) in [6.07, 6.45) is -3.92. The van der Waals surface area contributed by atoms with Crippen LogP contribution in [-0.4, -0.2) is 53.1 Å². The normalized spacial score (nSPS) is 17.5. The molecule has 230 valence electrons. The van der Waals surface area contributed by atoms with Gasteiger partial charge in [0.1, 0.15) is 29.3 Å². The quantitative estimate of drug-likeness (QED) is 0.240. The van der Waals surface area contributed by atoms with Crippen molar-refractivity contribution < 1.29 is 46.1 Å². The number of ether oxygens (including phenoxy) is 2. The number of aromatic nitrogens is 2. The van der Waals surface area contributed by atoms with E-state index in [1.54, 1.807) is 12.1 Å². The molecule has 0 fully saturated rings. The molecule has 4 aromatic rings. The summed E-state index contributed by atoms with van der Waals surface area (Å²) in [4.78, 5) is 33.8. The number of primary amides is 1. The molecule has 0 bridgehead atoms. The first-order valence-electron chi connectivity index (χ1n) is 13.1. The summed E-state index contributed by atoms with van der Waals surface area (Å²) in [5.41, 5.74) is -0.250. The highest BCUT2D eigenvalue weighted by Crippen LogP contribution is 2.47.